The summed E-state index contributed by atoms with van der Waals surface area (Å²) in [7, 11) is 0. The first-order valence-electron chi connectivity index (χ1n) is 5.95. The fourth-order valence-electron chi connectivity index (χ4n) is 2.37. The van der Waals surface area contributed by atoms with Crippen molar-refractivity contribution in [2.24, 2.45) is 0 Å². The van der Waals surface area contributed by atoms with Crippen LogP contribution in [0.2, 0.25) is 0 Å². The molecular formula is C15H19BrO. The molecule has 0 saturated heterocycles. The van der Waals surface area contributed by atoms with E-state index in [2.05, 4.69) is 54.1 Å². The van der Waals surface area contributed by atoms with E-state index in [0.29, 0.717) is 0 Å². The molecule has 2 heteroatoms. The van der Waals surface area contributed by atoms with Crippen LogP contribution in [0, 0.1) is 0 Å². The molecular weight excluding hydrogens is 276 g/mol. The normalized spacial score (nSPS) is 18.0. The van der Waals surface area contributed by atoms with Gasteiger partial charge in [0.15, 0.2) is 0 Å². The number of benzene rings is 1. The highest BCUT2D eigenvalue weighted by Gasteiger charge is 2.28. The summed E-state index contributed by atoms with van der Waals surface area (Å²) < 4.78 is 0.978. The first-order valence-corrected chi connectivity index (χ1v) is 6.74. The van der Waals surface area contributed by atoms with Gasteiger partial charge in [-0.2, -0.15) is 0 Å². The molecule has 17 heavy (non-hydrogen) atoms. The fraction of sp³-hybridized carbons (Fsp3) is 0.467. The second-order valence-corrected chi connectivity index (χ2v) is 6.82. The van der Waals surface area contributed by atoms with E-state index < -0.39 is 5.60 Å². The summed E-state index contributed by atoms with van der Waals surface area (Å²) >= 11 is 3.55. The van der Waals surface area contributed by atoms with Crippen molar-refractivity contribution < 1.29 is 5.11 Å². The molecule has 1 N–H and O–H groups in total. The van der Waals surface area contributed by atoms with Crippen LogP contribution in [-0.2, 0) is 11.0 Å². The van der Waals surface area contributed by atoms with Gasteiger partial charge < -0.3 is 5.11 Å². The van der Waals surface area contributed by atoms with Crippen LogP contribution in [0.1, 0.15) is 50.8 Å². The maximum absolute atomic E-state index is 10.2. The van der Waals surface area contributed by atoms with Crippen molar-refractivity contribution in [3.63, 3.8) is 0 Å². The molecule has 1 aliphatic rings. The quantitative estimate of drug-likeness (QED) is 0.815. The molecule has 0 bridgehead atoms. The third-order valence-electron chi connectivity index (χ3n) is 3.45. The van der Waals surface area contributed by atoms with E-state index in [1.165, 1.54) is 11.1 Å². The summed E-state index contributed by atoms with van der Waals surface area (Å²) in [5.74, 6) is 0. The number of halogens is 1. The van der Waals surface area contributed by atoms with Gasteiger partial charge in [0.2, 0.25) is 0 Å². The summed E-state index contributed by atoms with van der Waals surface area (Å²) in [5, 5.41) is 10.2. The first kappa shape index (κ1) is 12.8. The van der Waals surface area contributed by atoms with E-state index >= 15 is 0 Å². The number of rotatable bonds is 1. The summed E-state index contributed by atoms with van der Waals surface area (Å²) in [6, 6.07) is 4.25. The van der Waals surface area contributed by atoms with Crippen LogP contribution < -0.4 is 0 Å². The van der Waals surface area contributed by atoms with Gasteiger partial charge in [0.1, 0.15) is 0 Å². The molecule has 2 rings (SSSR count). The maximum atomic E-state index is 10.2. The molecule has 1 nitrogen and oxygen atoms in total. The molecule has 0 saturated carbocycles. The van der Waals surface area contributed by atoms with Crippen LogP contribution in [0.3, 0.4) is 0 Å². The Balaban J connectivity index is 2.66. The zero-order valence-electron chi connectivity index (χ0n) is 10.8. The number of hydrogen-bond donors (Lipinski definition) is 1. The van der Waals surface area contributed by atoms with Gasteiger partial charge in [-0.25, -0.2) is 0 Å². The van der Waals surface area contributed by atoms with Crippen LogP contribution in [0.25, 0.3) is 6.08 Å². The molecule has 1 aliphatic carbocycles. The van der Waals surface area contributed by atoms with Crippen molar-refractivity contribution in [2.75, 3.05) is 0 Å². The van der Waals surface area contributed by atoms with Crippen LogP contribution in [0.15, 0.2) is 22.7 Å². The minimum atomic E-state index is -0.814. The molecule has 0 unspecified atom stereocenters. The van der Waals surface area contributed by atoms with Crippen LogP contribution in [0.4, 0.5) is 0 Å². The third-order valence-corrected chi connectivity index (χ3v) is 4.11. The second kappa shape index (κ2) is 3.96. The lowest BCUT2D eigenvalue weighted by Gasteiger charge is -2.32. The van der Waals surface area contributed by atoms with Crippen LogP contribution in [-0.4, -0.2) is 5.11 Å². The van der Waals surface area contributed by atoms with Crippen molar-refractivity contribution in [3.8, 4) is 0 Å². The fourth-order valence-corrected chi connectivity index (χ4v) is 3.22. The topological polar surface area (TPSA) is 20.2 Å². The standard InChI is InChI=1S/C15H19BrO/c1-14(2)7-5-6-10-8-13(16)12(9-11(10)14)15(3,4)17/h5-6,8-9,17H,7H2,1-4H3. The van der Waals surface area contributed by atoms with Crippen molar-refractivity contribution >= 4 is 22.0 Å². The Labute approximate surface area is 112 Å². The van der Waals surface area contributed by atoms with Gasteiger partial charge in [0, 0.05) is 4.47 Å². The highest BCUT2D eigenvalue weighted by molar-refractivity contribution is 9.10. The SMILES string of the molecule is CC(C)(O)c1cc2c(cc1Br)C=CCC2(C)C. The molecule has 0 fully saturated rings. The minimum absolute atomic E-state index is 0.144. The molecule has 1 aromatic carbocycles. The summed E-state index contributed by atoms with van der Waals surface area (Å²) in [5.41, 5.74) is 2.86. The number of aliphatic hydroxyl groups is 1. The van der Waals surface area contributed by atoms with Crippen molar-refractivity contribution in [3.05, 3.63) is 39.4 Å². The Morgan fingerprint density at radius 2 is 1.94 bits per heavy atom. The number of hydrogen-bond acceptors (Lipinski definition) is 1. The zero-order chi connectivity index (χ0) is 12.8. The van der Waals surface area contributed by atoms with Gasteiger partial charge in [-0.3, -0.25) is 0 Å². The molecule has 0 radical (unpaired) electrons. The smallest absolute Gasteiger partial charge is 0.0851 e. The van der Waals surface area contributed by atoms with E-state index in [0.717, 1.165) is 16.5 Å². The molecule has 0 heterocycles. The van der Waals surface area contributed by atoms with E-state index in [9.17, 15) is 5.11 Å². The Bertz CT molecular complexity index is 478. The molecule has 92 valence electrons. The third kappa shape index (κ3) is 2.34. The molecule has 0 spiro atoms. The Morgan fingerprint density at radius 1 is 1.29 bits per heavy atom. The van der Waals surface area contributed by atoms with E-state index in [1.807, 2.05) is 13.8 Å². The number of allylic oxidation sites excluding steroid dienone is 1. The van der Waals surface area contributed by atoms with Crippen LogP contribution in [0.5, 0.6) is 0 Å². The molecule has 0 amide bonds. The average molecular weight is 295 g/mol. The van der Waals surface area contributed by atoms with Gasteiger partial charge in [-0.1, -0.05) is 48.0 Å². The lowest BCUT2D eigenvalue weighted by molar-refractivity contribution is 0.0776. The largest absolute Gasteiger partial charge is 0.386 e. The predicted octanol–water partition coefficient (Wildman–Crippen LogP) is 4.37. The average Bonchev–Trinajstić information content (AvgIpc) is 2.13. The first-order chi connectivity index (χ1) is 7.72. The minimum Gasteiger partial charge on any atom is -0.386 e. The lowest BCUT2D eigenvalue weighted by atomic mass is 9.74. The highest BCUT2D eigenvalue weighted by atomic mass is 79.9. The van der Waals surface area contributed by atoms with Crippen LogP contribution >= 0.6 is 15.9 Å². The van der Waals surface area contributed by atoms with Gasteiger partial charge in [0.25, 0.3) is 0 Å². The van der Waals surface area contributed by atoms with Crippen molar-refractivity contribution in [1.82, 2.24) is 0 Å². The highest BCUT2D eigenvalue weighted by Crippen LogP contribution is 2.40. The Kier molecular flexibility index (Phi) is 2.99. The summed E-state index contributed by atoms with van der Waals surface area (Å²) in [4.78, 5) is 0. The van der Waals surface area contributed by atoms with Crippen molar-refractivity contribution in [2.45, 2.75) is 45.1 Å². The van der Waals surface area contributed by atoms with Gasteiger partial charge in [-0.05, 0) is 48.4 Å². The summed E-state index contributed by atoms with van der Waals surface area (Å²) in [6.45, 7) is 8.14. The van der Waals surface area contributed by atoms with Gasteiger partial charge >= 0.3 is 0 Å². The monoisotopic (exact) mass is 294 g/mol. The molecule has 1 aromatic rings. The lowest BCUT2D eigenvalue weighted by Crippen LogP contribution is -2.23. The molecule has 0 aromatic heterocycles. The number of fused-ring (bicyclic) bond motifs is 1. The molecule has 0 aliphatic heterocycles. The second-order valence-electron chi connectivity index (χ2n) is 5.97. The van der Waals surface area contributed by atoms with E-state index in [1.54, 1.807) is 0 Å². The van der Waals surface area contributed by atoms with E-state index in [-0.39, 0.29) is 5.41 Å². The zero-order valence-corrected chi connectivity index (χ0v) is 12.4. The van der Waals surface area contributed by atoms with Gasteiger partial charge in [0.05, 0.1) is 5.60 Å². The Hall–Kier alpha value is -0.600. The Morgan fingerprint density at radius 3 is 2.53 bits per heavy atom. The van der Waals surface area contributed by atoms with E-state index in [4.69, 9.17) is 0 Å². The predicted molar refractivity (Wildman–Crippen MR) is 76.1 cm³/mol. The summed E-state index contributed by atoms with van der Waals surface area (Å²) in [6.07, 6.45) is 5.44. The van der Waals surface area contributed by atoms with Crippen molar-refractivity contribution in [1.29, 1.82) is 0 Å². The maximum Gasteiger partial charge on any atom is 0.0851 e. The van der Waals surface area contributed by atoms with Gasteiger partial charge in [-0.15, -0.1) is 0 Å². The molecule has 0 atom stereocenters.